The molecule has 0 spiro atoms. The first-order valence-corrected chi connectivity index (χ1v) is 7.64. The van der Waals surface area contributed by atoms with Crippen LogP contribution in [0.4, 0.5) is 0 Å². The van der Waals surface area contributed by atoms with Crippen LogP contribution in [0, 0.1) is 5.92 Å². The highest BCUT2D eigenvalue weighted by Gasteiger charge is 2.33. The molecule has 3 rings (SSSR count). The lowest BCUT2D eigenvalue weighted by Crippen LogP contribution is -2.46. The second kappa shape index (κ2) is 5.55. The molecule has 1 unspecified atom stereocenters. The maximum atomic E-state index is 12.6. The molecule has 0 saturated heterocycles. The first-order valence-electron chi connectivity index (χ1n) is 7.64. The molecule has 2 aromatic heterocycles. The molecule has 3 heterocycles. The molecule has 0 aromatic carbocycles. The minimum Gasteiger partial charge on any atom is -0.344 e. The van der Waals surface area contributed by atoms with E-state index in [1.165, 1.54) is 0 Å². The van der Waals surface area contributed by atoms with Gasteiger partial charge in [-0.2, -0.15) is 4.98 Å². The summed E-state index contributed by atoms with van der Waals surface area (Å²) in [5.41, 5.74) is -0.652. The maximum Gasteiger partial charge on any atom is 0.226 e. The summed E-state index contributed by atoms with van der Waals surface area (Å²) in [5.74, 6) is 2.01. The molecule has 1 aliphatic heterocycles. The lowest BCUT2D eigenvalue weighted by Gasteiger charge is -2.28. The number of nitrogens with zero attached hydrogens (tertiary/aromatic N) is 4. The maximum absolute atomic E-state index is 12.6. The summed E-state index contributed by atoms with van der Waals surface area (Å²) in [6, 6.07) is 0. The molecule has 7 heteroatoms. The number of fused-ring (bicyclic) bond motifs is 1. The van der Waals surface area contributed by atoms with Gasteiger partial charge in [0, 0.05) is 37.7 Å². The van der Waals surface area contributed by atoms with Gasteiger partial charge in [-0.1, -0.05) is 12.1 Å². The van der Waals surface area contributed by atoms with E-state index < -0.39 is 5.54 Å². The van der Waals surface area contributed by atoms with Crippen LogP contribution in [-0.2, 0) is 29.7 Å². The van der Waals surface area contributed by atoms with E-state index in [1.807, 2.05) is 27.0 Å². The Labute approximate surface area is 129 Å². The Kier molecular flexibility index (Phi) is 3.72. The van der Waals surface area contributed by atoms with Gasteiger partial charge in [-0.05, 0) is 20.3 Å². The van der Waals surface area contributed by atoms with Crippen molar-refractivity contribution in [1.29, 1.82) is 0 Å². The number of amides is 1. The summed E-state index contributed by atoms with van der Waals surface area (Å²) >= 11 is 0. The Bertz CT molecular complexity index is 673. The highest BCUT2D eigenvalue weighted by Crippen LogP contribution is 2.22. The number of aryl methyl sites for hydroxylation is 2. The van der Waals surface area contributed by atoms with E-state index >= 15 is 0 Å². The third-order valence-electron chi connectivity index (χ3n) is 4.09. The van der Waals surface area contributed by atoms with E-state index in [4.69, 9.17) is 4.52 Å². The summed E-state index contributed by atoms with van der Waals surface area (Å²) in [4.78, 5) is 21.2. The Morgan fingerprint density at radius 3 is 3.09 bits per heavy atom. The SMILES string of the molecule is CCc1nc(C(C)(C)NC(=O)C2CCn3ccnc3C2)no1. The van der Waals surface area contributed by atoms with Crippen molar-refractivity contribution in [1.82, 2.24) is 25.0 Å². The van der Waals surface area contributed by atoms with Gasteiger partial charge in [-0.25, -0.2) is 4.98 Å². The van der Waals surface area contributed by atoms with Crippen molar-refractivity contribution in [3.05, 3.63) is 29.9 Å². The highest BCUT2D eigenvalue weighted by atomic mass is 16.5. The van der Waals surface area contributed by atoms with Gasteiger partial charge < -0.3 is 14.4 Å². The molecule has 1 amide bonds. The van der Waals surface area contributed by atoms with Gasteiger partial charge >= 0.3 is 0 Å². The first-order chi connectivity index (χ1) is 10.5. The van der Waals surface area contributed by atoms with Crippen molar-refractivity contribution in [2.75, 3.05) is 0 Å². The standard InChI is InChI=1S/C15H21N5O2/c1-4-12-17-14(19-22-12)15(2,3)18-13(21)10-5-7-20-8-6-16-11(20)9-10/h6,8,10H,4-5,7,9H2,1-3H3,(H,18,21). The van der Waals surface area contributed by atoms with E-state index in [0.29, 0.717) is 24.6 Å². The lowest BCUT2D eigenvalue weighted by molar-refractivity contribution is -0.127. The quantitative estimate of drug-likeness (QED) is 0.923. The van der Waals surface area contributed by atoms with E-state index in [9.17, 15) is 4.79 Å². The van der Waals surface area contributed by atoms with Gasteiger partial charge in [0.15, 0.2) is 5.82 Å². The molecule has 22 heavy (non-hydrogen) atoms. The molecule has 2 aromatic rings. The van der Waals surface area contributed by atoms with Crippen molar-refractivity contribution in [2.45, 2.75) is 52.1 Å². The summed E-state index contributed by atoms with van der Waals surface area (Å²) in [6.45, 7) is 6.56. The minimum absolute atomic E-state index is 0.0158. The first kappa shape index (κ1) is 14.7. The molecule has 0 fully saturated rings. The van der Waals surface area contributed by atoms with Crippen molar-refractivity contribution < 1.29 is 9.32 Å². The van der Waals surface area contributed by atoms with Crippen molar-refractivity contribution in [3.8, 4) is 0 Å². The van der Waals surface area contributed by atoms with E-state index in [2.05, 4.69) is 25.0 Å². The number of carbonyl (C=O) groups excluding carboxylic acids is 1. The Morgan fingerprint density at radius 2 is 2.36 bits per heavy atom. The summed E-state index contributed by atoms with van der Waals surface area (Å²) < 4.78 is 7.24. The Hall–Kier alpha value is -2.18. The number of imidazole rings is 1. The number of carbonyl (C=O) groups is 1. The zero-order valence-electron chi connectivity index (χ0n) is 13.2. The average molecular weight is 303 g/mol. The van der Waals surface area contributed by atoms with Gasteiger partial charge in [0.05, 0.1) is 5.54 Å². The summed E-state index contributed by atoms with van der Waals surface area (Å²) in [5, 5.41) is 7.01. The molecule has 1 aliphatic rings. The number of nitrogens with one attached hydrogen (secondary N) is 1. The topological polar surface area (TPSA) is 85.8 Å². The van der Waals surface area contributed by atoms with Crippen LogP contribution in [-0.4, -0.2) is 25.6 Å². The lowest BCUT2D eigenvalue weighted by atomic mass is 9.94. The molecule has 7 nitrogen and oxygen atoms in total. The van der Waals surface area contributed by atoms with Gasteiger partial charge in [-0.15, -0.1) is 0 Å². The van der Waals surface area contributed by atoms with Crippen LogP contribution in [0.25, 0.3) is 0 Å². The minimum atomic E-state index is -0.652. The molecule has 1 atom stereocenters. The van der Waals surface area contributed by atoms with Crippen LogP contribution in [0.2, 0.25) is 0 Å². The molecule has 0 saturated carbocycles. The highest BCUT2D eigenvalue weighted by molar-refractivity contribution is 5.79. The van der Waals surface area contributed by atoms with E-state index in [0.717, 1.165) is 18.8 Å². The van der Waals surface area contributed by atoms with E-state index in [-0.39, 0.29) is 11.8 Å². The van der Waals surface area contributed by atoms with Crippen LogP contribution in [0.3, 0.4) is 0 Å². The second-order valence-electron chi connectivity index (χ2n) is 6.21. The van der Waals surface area contributed by atoms with E-state index in [1.54, 1.807) is 6.20 Å². The number of aromatic nitrogens is 4. The molecule has 1 N–H and O–H groups in total. The molecular weight excluding hydrogens is 282 g/mol. The zero-order valence-corrected chi connectivity index (χ0v) is 13.2. The average Bonchev–Trinajstić information content (AvgIpc) is 3.15. The fourth-order valence-corrected chi connectivity index (χ4v) is 2.69. The number of hydrogen-bond acceptors (Lipinski definition) is 5. The number of hydrogen-bond donors (Lipinski definition) is 1. The van der Waals surface area contributed by atoms with Gasteiger partial charge in [-0.3, -0.25) is 4.79 Å². The normalized spacial score (nSPS) is 18.0. The van der Waals surface area contributed by atoms with Crippen LogP contribution < -0.4 is 5.32 Å². The zero-order chi connectivity index (χ0) is 15.7. The molecule has 0 bridgehead atoms. The van der Waals surface area contributed by atoms with Crippen molar-refractivity contribution >= 4 is 5.91 Å². The third kappa shape index (κ3) is 2.75. The van der Waals surface area contributed by atoms with Crippen LogP contribution >= 0.6 is 0 Å². The Balaban J connectivity index is 1.68. The van der Waals surface area contributed by atoms with Crippen LogP contribution in [0.1, 0.15) is 44.7 Å². The second-order valence-corrected chi connectivity index (χ2v) is 6.21. The molecule has 0 radical (unpaired) electrons. The van der Waals surface area contributed by atoms with Crippen LogP contribution in [0.15, 0.2) is 16.9 Å². The van der Waals surface area contributed by atoms with Gasteiger partial charge in [0.2, 0.25) is 11.8 Å². The summed E-state index contributed by atoms with van der Waals surface area (Å²) in [7, 11) is 0. The Morgan fingerprint density at radius 1 is 1.55 bits per heavy atom. The van der Waals surface area contributed by atoms with Crippen LogP contribution in [0.5, 0.6) is 0 Å². The molecule has 0 aliphatic carbocycles. The number of rotatable bonds is 4. The monoisotopic (exact) mass is 303 g/mol. The van der Waals surface area contributed by atoms with Gasteiger partial charge in [0.1, 0.15) is 5.82 Å². The fraction of sp³-hybridized carbons (Fsp3) is 0.600. The predicted octanol–water partition coefficient (Wildman–Crippen LogP) is 1.44. The largest absolute Gasteiger partial charge is 0.344 e. The smallest absolute Gasteiger partial charge is 0.226 e. The van der Waals surface area contributed by atoms with Crippen molar-refractivity contribution in [2.24, 2.45) is 5.92 Å². The predicted molar refractivity (Wildman–Crippen MR) is 78.9 cm³/mol. The summed E-state index contributed by atoms with van der Waals surface area (Å²) in [6.07, 6.45) is 5.91. The molecule has 118 valence electrons. The van der Waals surface area contributed by atoms with Gasteiger partial charge in [0.25, 0.3) is 0 Å². The third-order valence-corrected chi connectivity index (χ3v) is 4.09. The van der Waals surface area contributed by atoms with Crippen molar-refractivity contribution in [3.63, 3.8) is 0 Å². The fourth-order valence-electron chi connectivity index (χ4n) is 2.69. The molecular formula is C15H21N5O2.